The SMILES string of the molecule is CCCCCN(c1nc(C)c(C(C)=O)s1)C(C)C. The van der Waals surface area contributed by atoms with Gasteiger partial charge in [-0.3, -0.25) is 4.79 Å². The molecule has 0 spiro atoms. The summed E-state index contributed by atoms with van der Waals surface area (Å²) >= 11 is 1.53. The lowest BCUT2D eigenvalue weighted by Gasteiger charge is -2.26. The van der Waals surface area contributed by atoms with Gasteiger partial charge in [0.15, 0.2) is 10.9 Å². The number of anilines is 1. The van der Waals surface area contributed by atoms with Gasteiger partial charge < -0.3 is 4.90 Å². The van der Waals surface area contributed by atoms with Gasteiger partial charge in [0.2, 0.25) is 0 Å². The minimum absolute atomic E-state index is 0.119. The molecule has 1 rings (SSSR count). The molecule has 0 saturated carbocycles. The smallest absolute Gasteiger partial charge is 0.186 e. The molecule has 0 saturated heterocycles. The van der Waals surface area contributed by atoms with Gasteiger partial charge in [-0.25, -0.2) is 4.98 Å². The number of carbonyl (C=O) groups is 1. The van der Waals surface area contributed by atoms with Gasteiger partial charge in [0.25, 0.3) is 0 Å². The van der Waals surface area contributed by atoms with E-state index >= 15 is 0 Å². The van der Waals surface area contributed by atoms with E-state index in [4.69, 9.17) is 0 Å². The maximum absolute atomic E-state index is 11.5. The third-order valence-electron chi connectivity index (χ3n) is 2.98. The summed E-state index contributed by atoms with van der Waals surface area (Å²) in [6.07, 6.45) is 3.65. The van der Waals surface area contributed by atoms with Crippen LogP contribution in [0.3, 0.4) is 0 Å². The first-order chi connectivity index (χ1) is 8.47. The summed E-state index contributed by atoms with van der Waals surface area (Å²) in [7, 11) is 0. The van der Waals surface area contributed by atoms with Crippen molar-refractivity contribution < 1.29 is 4.79 Å². The van der Waals surface area contributed by atoms with Gasteiger partial charge in [0.1, 0.15) is 0 Å². The second kappa shape index (κ2) is 6.88. The van der Waals surface area contributed by atoms with Crippen molar-refractivity contribution in [1.29, 1.82) is 0 Å². The molecule has 0 fully saturated rings. The highest BCUT2D eigenvalue weighted by molar-refractivity contribution is 7.17. The minimum atomic E-state index is 0.119. The van der Waals surface area contributed by atoms with Crippen molar-refractivity contribution in [3.63, 3.8) is 0 Å². The molecule has 0 unspecified atom stereocenters. The van der Waals surface area contributed by atoms with E-state index in [1.165, 1.54) is 30.6 Å². The van der Waals surface area contributed by atoms with Crippen molar-refractivity contribution in [3.05, 3.63) is 10.6 Å². The molecule has 0 bridgehead atoms. The summed E-state index contributed by atoms with van der Waals surface area (Å²) in [6.45, 7) is 11.1. The highest BCUT2D eigenvalue weighted by atomic mass is 32.1. The number of Topliss-reactive ketones (excluding diaryl/α,β-unsaturated/α-hetero) is 1. The van der Waals surface area contributed by atoms with Crippen molar-refractivity contribution in [2.75, 3.05) is 11.4 Å². The fourth-order valence-electron chi connectivity index (χ4n) is 1.94. The lowest BCUT2D eigenvalue weighted by Crippen LogP contribution is -2.31. The van der Waals surface area contributed by atoms with E-state index in [1.54, 1.807) is 6.92 Å². The molecular weight excluding hydrogens is 244 g/mol. The molecule has 0 radical (unpaired) electrons. The van der Waals surface area contributed by atoms with Crippen LogP contribution in [0, 0.1) is 6.92 Å². The summed E-state index contributed by atoms with van der Waals surface area (Å²) < 4.78 is 0. The van der Waals surface area contributed by atoms with Crippen molar-refractivity contribution in [2.45, 2.75) is 59.9 Å². The standard InChI is InChI=1S/C14H24N2OS/c1-6-7-8-9-16(10(2)3)14-15-11(4)13(18-14)12(5)17/h10H,6-9H2,1-5H3. The van der Waals surface area contributed by atoms with Crippen LogP contribution >= 0.6 is 11.3 Å². The predicted octanol–water partition coefficient (Wildman–Crippen LogP) is 4.06. The Balaban J connectivity index is 2.85. The number of carbonyl (C=O) groups excluding carboxylic acids is 1. The van der Waals surface area contributed by atoms with Gasteiger partial charge in [-0.1, -0.05) is 31.1 Å². The molecule has 0 aliphatic carbocycles. The number of rotatable bonds is 7. The molecule has 0 aliphatic rings. The average Bonchev–Trinajstić information content (AvgIpc) is 2.66. The van der Waals surface area contributed by atoms with Gasteiger partial charge in [0, 0.05) is 19.5 Å². The zero-order valence-electron chi connectivity index (χ0n) is 12.1. The Kier molecular flexibility index (Phi) is 5.79. The quantitative estimate of drug-likeness (QED) is 0.552. The molecule has 1 heterocycles. The Bertz CT molecular complexity index is 398. The molecule has 3 nitrogen and oxygen atoms in total. The lowest BCUT2D eigenvalue weighted by atomic mass is 10.2. The number of unbranched alkanes of at least 4 members (excludes halogenated alkanes) is 2. The van der Waals surface area contributed by atoms with Crippen molar-refractivity contribution >= 4 is 22.3 Å². The molecule has 0 N–H and O–H groups in total. The molecular formula is C14H24N2OS. The molecule has 1 aromatic heterocycles. The molecule has 1 aromatic rings. The van der Waals surface area contributed by atoms with Gasteiger partial charge >= 0.3 is 0 Å². The van der Waals surface area contributed by atoms with Crippen LogP contribution in [0.2, 0.25) is 0 Å². The number of hydrogen-bond donors (Lipinski definition) is 0. The van der Waals surface area contributed by atoms with Crippen LogP contribution in [0.25, 0.3) is 0 Å². The molecule has 102 valence electrons. The van der Waals surface area contributed by atoms with Gasteiger partial charge in [-0.2, -0.15) is 0 Å². The molecule has 4 heteroatoms. The fraction of sp³-hybridized carbons (Fsp3) is 0.714. The summed E-state index contributed by atoms with van der Waals surface area (Å²) in [5.74, 6) is 0.119. The number of aryl methyl sites for hydroxylation is 1. The zero-order valence-corrected chi connectivity index (χ0v) is 12.9. The lowest BCUT2D eigenvalue weighted by molar-refractivity contribution is 0.102. The topological polar surface area (TPSA) is 33.2 Å². The van der Waals surface area contributed by atoms with E-state index in [0.29, 0.717) is 6.04 Å². The van der Waals surface area contributed by atoms with Crippen LogP contribution in [-0.4, -0.2) is 23.4 Å². The Hall–Kier alpha value is -0.900. The van der Waals surface area contributed by atoms with Crippen LogP contribution < -0.4 is 4.90 Å². The van der Waals surface area contributed by atoms with Crippen LogP contribution in [0.4, 0.5) is 5.13 Å². The molecule has 18 heavy (non-hydrogen) atoms. The van der Waals surface area contributed by atoms with Crippen LogP contribution in [0.15, 0.2) is 0 Å². The second-order valence-electron chi connectivity index (χ2n) is 4.96. The van der Waals surface area contributed by atoms with E-state index in [2.05, 4.69) is 30.7 Å². The van der Waals surface area contributed by atoms with Crippen LogP contribution in [0.5, 0.6) is 0 Å². The molecule has 0 aliphatic heterocycles. The maximum atomic E-state index is 11.5. The van der Waals surface area contributed by atoms with E-state index in [-0.39, 0.29) is 5.78 Å². The first kappa shape index (κ1) is 15.2. The number of ketones is 1. The normalized spacial score (nSPS) is 11.0. The Morgan fingerprint density at radius 3 is 2.50 bits per heavy atom. The van der Waals surface area contributed by atoms with Crippen molar-refractivity contribution in [1.82, 2.24) is 4.98 Å². The third kappa shape index (κ3) is 3.80. The number of nitrogens with zero attached hydrogens (tertiary/aromatic N) is 2. The van der Waals surface area contributed by atoms with E-state index in [0.717, 1.165) is 22.2 Å². The number of aromatic nitrogens is 1. The Morgan fingerprint density at radius 1 is 1.39 bits per heavy atom. The second-order valence-corrected chi connectivity index (χ2v) is 5.94. The van der Waals surface area contributed by atoms with Crippen molar-refractivity contribution in [2.24, 2.45) is 0 Å². The Morgan fingerprint density at radius 2 is 2.06 bits per heavy atom. The fourth-order valence-corrected chi connectivity index (χ4v) is 3.06. The molecule has 0 amide bonds. The first-order valence-electron chi connectivity index (χ1n) is 6.72. The maximum Gasteiger partial charge on any atom is 0.186 e. The predicted molar refractivity (Wildman–Crippen MR) is 78.9 cm³/mol. The highest BCUT2D eigenvalue weighted by Gasteiger charge is 2.18. The molecule has 0 aromatic carbocycles. The van der Waals surface area contributed by atoms with E-state index in [9.17, 15) is 4.79 Å². The van der Waals surface area contributed by atoms with Crippen molar-refractivity contribution in [3.8, 4) is 0 Å². The number of hydrogen-bond acceptors (Lipinski definition) is 4. The van der Waals surface area contributed by atoms with Crippen LogP contribution in [0.1, 0.15) is 62.3 Å². The summed E-state index contributed by atoms with van der Waals surface area (Å²) in [6, 6.07) is 0.423. The largest absolute Gasteiger partial charge is 0.346 e. The number of thiazole rings is 1. The monoisotopic (exact) mass is 268 g/mol. The third-order valence-corrected chi connectivity index (χ3v) is 4.27. The van der Waals surface area contributed by atoms with E-state index in [1.807, 2.05) is 6.92 Å². The first-order valence-corrected chi connectivity index (χ1v) is 7.54. The van der Waals surface area contributed by atoms with Gasteiger partial charge in [0.05, 0.1) is 10.6 Å². The minimum Gasteiger partial charge on any atom is -0.346 e. The van der Waals surface area contributed by atoms with Gasteiger partial charge in [-0.15, -0.1) is 0 Å². The highest BCUT2D eigenvalue weighted by Crippen LogP contribution is 2.28. The molecule has 0 atom stereocenters. The van der Waals surface area contributed by atoms with E-state index < -0.39 is 0 Å². The summed E-state index contributed by atoms with van der Waals surface area (Å²) in [5, 5.41) is 0.990. The summed E-state index contributed by atoms with van der Waals surface area (Å²) in [4.78, 5) is 19.1. The summed E-state index contributed by atoms with van der Waals surface area (Å²) in [5.41, 5.74) is 0.864. The average molecular weight is 268 g/mol. The van der Waals surface area contributed by atoms with Gasteiger partial charge in [-0.05, 0) is 27.2 Å². The zero-order chi connectivity index (χ0) is 13.7. The Labute approximate surface area is 114 Å². The van der Waals surface area contributed by atoms with Crippen LogP contribution in [-0.2, 0) is 0 Å².